The molecule has 2 nitrogen and oxygen atoms in total. The average Bonchev–Trinajstić information content (AvgIpc) is 2.36. The van der Waals surface area contributed by atoms with Gasteiger partial charge in [0.2, 0.25) is 0 Å². The maximum atomic E-state index is 11.5. The Hall–Kier alpha value is -1.54. The van der Waals surface area contributed by atoms with E-state index >= 15 is 0 Å². The summed E-state index contributed by atoms with van der Waals surface area (Å²) in [5.41, 5.74) is 1.48. The minimum absolute atomic E-state index is 0.336. The number of hydrogen-bond acceptors (Lipinski definition) is 2. The molecule has 0 heterocycles. The quantitative estimate of drug-likeness (QED) is 0.588. The molecule has 0 aliphatic rings. The van der Waals surface area contributed by atoms with Crippen molar-refractivity contribution in [3.8, 4) is 0 Å². The fraction of sp³-hybridized carbons (Fsp3) is 0.154. The molecule has 0 saturated heterocycles. The van der Waals surface area contributed by atoms with Gasteiger partial charge in [0.25, 0.3) is 0 Å². The maximum Gasteiger partial charge on any atom is 0.337 e. The minimum atomic E-state index is -0.336. The van der Waals surface area contributed by atoms with Crippen LogP contribution in [0.3, 0.4) is 0 Å². The predicted octanol–water partition coefficient (Wildman–Crippen LogP) is 3.37. The van der Waals surface area contributed by atoms with Crippen molar-refractivity contribution in [3.63, 3.8) is 0 Å². The van der Waals surface area contributed by atoms with Crippen molar-refractivity contribution in [1.82, 2.24) is 0 Å². The normalized spacial score (nSPS) is 10.4. The van der Waals surface area contributed by atoms with Crippen molar-refractivity contribution < 1.29 is 9.53 Å². The predicted molar refractivity (Wildman–Crippen MR) is 64.8 cm³/mol. The highest BCUT2D eigenvalue weighted by Gasteiger charge is 2.09. The molecule has 0 unspecified atom stereocenters. The van der Waals surface area contributed by atoms with E-state index in [2.05, 4.69) is 0 Å². The van der Waals surface area contributed by atoms with Crippen molar-refractivity contribution in [2.24, 2.45) is 0 Å². The minimum Gasteiger partial charge on any atom is -0.465 e. The molecule has 0 N–H and O–H groups in total. The molecule has 0 radical (unpaired) electrons. The molecule has 82 valence electrons. The Kier molecular flexibility index (Phi) is 3.11. The van der Waals surface area contributed by atoms with Gasteiger partial charge in [-0.3, -0.25) is 0 Å². The van der Waals surface area contributed by atoms with Crippen LogP contribution in [0.2, 0.25) is 0 Å². The van der Waals surface area contributed by atoms with E-state index in [0.717, 1.165) is 16.3 Å². The van der Waals surface area contributed by atoms with Crippen molar-refractivity contribution in [3.05, 3.63) is 47.5 Å². The second-order valence-electron chi connectivity index (χ2n) is 3.48. The first-order valence-corrected chi connectivity index (χ1v) is 5.45. The maximum absolute atomic E-state index is 11.5. The lowest BCUT2D eigenvalue weighted by molar-refractivity contribution is 0.0601. The highest BCUT2D eigenvalue weighted by Crippen LogP contribution is 2.22. The van der Waals surface area contributed by atoms with Crippen LogP contribution in [0, 0.1) is 0 Å². The van der Waals surface area contributed by atoms with Crippen molar-refractivity contribution >= 4 is 28.3 Å². The third kappa shape index (κ3) is 1.89. The summed E-state index contributed by atoms with van der Waals surface area (Å²) in [6.45, 7) is 0. The molecule has 2 rings (SSSR count). The molecule has 3 heteroatoms. The van der Waals surface area contributed by atoms with Crippen molar-refractivity contribution in [1.29, 1.82) is 0 Å². The van der Waals surface area contributed by atoms with Gasteiger partial charge in [-0.2, -0.15) is 0 Å². The molecule has 0 spiro atoms. The van der Waals surface area contributed by atoms with Crippen molar-refractivity contribution in [2.45, 2.75) is 5.88 Å². The SMILES string of the molecule is COC(=O)c1cc(CCl)c2ccccc2c1. The van der Waals surface area contributed by atoms with Gasteiger partial charge >= 0.3 is 5.97 Å². The third-order valence-electron chi connectivity index (χ3n) is 2.51. The van der Waals surface area contributed by atoms with E-state index in [1.54, 1.807) is 6.07 Å². The summed E-state index contributed by atoms with van der Waals surface area (Å²) in [6, 6.07) is 11.4. The fourth-order valence-electron chi connectivity index (χ4n) is 1.74. The molecule has 0 aromatic heterocycles. The Balaban J connectivity index is 2.68. The van der Waals surface area contributed by atoms with Gasteiger partial charge in [0, 0.05) is 5.88 Å². The Labute approximate surface area is 98.8 Å². The summed E-state index contributed by atoms with van der Waals surface area (Å²) in [4.78, 5) is 11.5. The van der Waals surface area contributed by atoms with Gasteiger partial charge in [0.15, 0.2) is 0 Å². The van der Waals surface area contributed by atoms with Crippen LogP contribution in [-0.4, -0.2) is 13.1 Å². The van der Waals surface area contributed by atoms with Gasteiger partial charge in [-0.25, -0.2) is 4.79 Å². The second-order valence-corrected chi connectivity index (χ2v) is 3.75. The molecule has 0 saturated carbocycles. The molecular weight excluding hydrogens is 224 g/mol. The van der Waals surface area contributed by atoms with Crippen LogP contribution in [0.5, 0.6) is 0 Å². The number of rotatable bonds is 2. The molecule has 0 fully saturated rings. The lowest BCUT2D eigenvalue weighted by Crippen LogP contribution is -2.02. The van der Waals surface area contributed by atoms with Crippen LogP contribution in [-0.2, 0) is 10.6 Å². The average molecular weight is 235 g/mol. The topological polar surface area (TPSA) is 26.3 Å². The molecule has 0 bridgehead atoms. The zero-order valence-electron chi connectivity index (χ0n) is 8.87. The van der Waals surface area contributed by atoms with Crippen LogP contribution < -0.4 is 0 Å². The number of carbonyl (C=O) groups is 1. The summed E-state index contributed by atoms with van der Waals surface area (Å²) in [7, 11) is 1.37. The van der Waals surface area contributed by atoms with E-state index in [9.17, 15) is 4.79 Å². The molecule has 0 aliphatic carbocycles. The number of halogens is 1. The number of carbonyl (C=O) groups excluding carboxylic acids is 1. The zero-order valence-corrected chi connectivity index (χ0v) is 9.62. The number of fused-ring (bicyclic) bond motifs is 1. The Morgan fingerprint density at radius 2 is 2.06 bits per heavy atom. The first-order valence-electron chi connectivity index (χ1n) is 4.92. The summed E-state index contributed by atoms with van der Waals surface area (Å²) in [5.74, 6) is 0.0443. The highest BCUT2D eigenvalue weighted by atomic mass is 35.5. The Morgan fingerprint density at radius 1 is 1.31 bits per heavy atom. The molecule has 2 aromatic rings. The van der Waals surface area contributed by atoms with E-state index in [1.807, 2.05) is 30.3 Å². The lowest BCUT2D eigenvalue weighted by Gasteiger charge is -2.06. The second kappa shape index (κ2) is 4.54. The van der Waals surface area contributed by atoms with E-state index < -0.39 is 0 Å². The van der Waals surface area contributed by atoms with Gasteiger partial charge in [-0.05, 0) is 28.5 Å². The number of esters is 1. The van der Waals surface area contributed by atoms with Crippen LogP contribution in [0.4, 0.5) is 0 Å². The summed E-state index contributed by atoms with van der Waals surface area (Å²) < 4.78 is 4.70. The molecule has 0 aliphatic heterocycles. The van der Waals surface area contributed by atoms with E-state index in [1.165, 1.54) is 7.11 Å². The van der Waals surface area contributed by atoms with Gasteiger partial charge in [0.05, 0.1) is 12.7 Å². The molecule has 2 aromatic carbocycles. The molecule has 0 atom stereocenters. The molecular formula is C13H11ClO2. The zero-order chi connectivity index (χ0) is 11.5. The standard InChI is InChI=1S/C13H11ClO2/c1-16-13(15)10-6-9-4-2-3-5-12(9)11(7-10)8-14/h2-7H,8H2,1H3. The third-order valence-corrected chi connectivity index (χ3v) is 2.80. The number of hydrogen-bond donors (Lipinski definition) is 0. The largest absolute Gasteiger partial charge is 0.465 e. The molecule has 0 amide bonds. The number of methoxy groups -OCH3 is 1. The van der Waals surface area contributed by atoms with Gasteiger partial charge in [-0.15, -0.1) is 11.6 Å². The first-order chi connectivity index (χ1) is 7.76. The monoisotopic (exact) mass is 234 g/mol. The number of benzene rings is 2. The smallest absolute Gasteiger partial charge is 0.337 e. The molecule has 16 heavy (non-hydrogen) atoms. The fourth-order valence-corrected chi connectivity index (χ4v) is 1.96. The van der Waals surface area contributed by atoms with Crippen LogP contribution in [0.1, 0.15) is 15.9 Å². The van der Waals surface area contributed by atoms with Crippen LogP contribution in [0.25, 0.3) is 10.8 Å². The van der Waals surface area contributed by atoms with E-state index in [0.29, 0.717) is 11.4 Å². The number of alkyl halides is 1. The van der Waals surface area contributed by atoms with Crippen molar-refractivity contribution in [2.75, 3.05) is 7.11 Å². The van der Waals surface area contributed by atoms with E-state index in [-0.39, 0.29) is 5.97 Å². The highest BCUT2D eigenvalue weighted by molar-refractivity contribution is 6.18. The lowest BCUT2D eigenvalue weighted by atomic mass is 10.0. The summed E-state index contributed by atoms with van der Waals surface area (Å²) >= 11 is 5.87. The summed E-state index contributed by atoms with van der Waals surface area (Å²) in [6.07, 6.45) is 0. The first kappa shape index (κ1) is 11.0. The van der Waals surface area contributed by atoms with Crippen LogP contribution in [0.15, 0.2) is 36.4 Å². The van der Waals surface area contributed by atoms with E-state index in [4.69, 9.17) is 16.3 Å². The van der Waals surface area contributed by atoms with Gasteiger partial charge in [0.1, 0.15) is 0 Å². The Morgan fingerprint density at radius 3 is 2.75 bits per heavy atom. The van der Waals surface area contributed by atoms with Crippen LogP contribution >= 0.6 is 11.6 Å². The summed E-state index contributed by atoms with van der Waals surface area (Å²) in [5, 5.41) is 2.08. The Bertz CT molecular complexity index is 534. The number of ether oxygens (including phenoxy) is 1. The van der Waals surface area contributed by atoms with Gasteiger partial charge in [-0.1, -0.05) is 24.3 Å². The van der Waals surface area contributed by atoms with Gasteiger partial charge < -0.3 is 4.74 Å².